The monoisotopic (exact) mass is 538 g/mol. The van der Waals surface area contributed by atoms with Crippen molar-refractivity contribution in [1.82, 2.24) is 0 Å². The lowest BCUT2D eigenvalue weighted by Gasteiger charge is -2.46. The first kappa shape index (κ1) is 28.6. The van der Waals surface area contributed by atoms with E-state index in [9.17, 15) is 34.8 Å². The zero-order valence-electron chi connectivity index (χ0n) is 23.5. The molecule has 0 bridgehead atoms. The van der Waals surface area contributed by atoms with Crippen LogP contribution in [0.3, 0.4) is 0 Å². The number of carbonyl (C=O) groups excluding carboxylic acids is 3. The number of carbonyl (C=O) groups is 3. The van der Waals surface area contributed by atoms with Crippen LogP contribution in [0.1, 0.15) is 82.6 Å². The minimum absolute atomic E-state index is 0.103. The maximum absolute atomic E-state index is 13.8. The number of phenols is 1. The number of allylic oxidation sites excluding steroid dienone is 2. The number of hydrogen-bond acceptors (Lipinski definition) is 8. The normalized spacial score (nSPS) is 25.4. The van der Waals surface area contributed by atoms with Crippen LogP contribution in [0, 0.1) is 17.3 Å². The quantitative estimate of drug-likeness (QED) is 0.296. The highest BCUT2D eigenvalue weighted by Crippen LogP contribution is 2.53. The van der Waals surface area contributed by atoms with Gasteiger partial charge in [0, 0.05) is 17.9 Å². The Bertz CT molecular complexity index is 1350. The van der Waals surface area contributed by atoms with Gasteiger partial charge in [0.2, 0.25) is 5.78 Å². The van der Waals surface area contributed by atoms with E-state index in [4.69, 9.17) is 4.74 Å². The molecule has 3 aliphatic rings. The third kappa shape index (κ3) is 4.69. The van der Waals surface area contributed by atoms with Crippen molar-refractivity contribution in [3.05, 3.63) is 51.5 Å². The van der Waals surface area contributed by atoms with E-state index in [1.165, 1.54) is 7.11 Å². The van der Waals surface area contributed by atoms with Crippen LogP contribution in [0.25, 0.3) is 11.3 Å². The summed E-state index contributed by atoms with van der Waals surface area (Å²) >= 11 is 0. The second kappa shape index (κ2) is 9.97. The first-order chi connectivity index (χ1) is 18.1. The maximum atomic E-state index is 13.8. The van der Waals surface area contributed by atoms with Crippen LogP contribution in [0.2, 0.25) is 0 Å². The highest BCUT2D eigenvalue weighted by atomic mass is 16.5. The van der Waals surface area contributed by atoms with Gasteiger partial charge < -0.3 is 25.2 Å². The number of rotatable bonds is 6. The largest absolute Gasteiger partial charge is 0.508 e. The SMILES string of the molecule is CO/C=C(\C)c1cc(CCCC(C)(C)C)c(O)c2c1C[C@H]1C[C@H]3CC(=O)C(C(C)=O)=C(O)[C@@]3(O)C(=O)C1=C2O. The molecule has 8 nitrogen and oxygen atoms in total. The minimum Gasteiger partial charge on any atom is -0.508 e. The molecule has 0 radical (unpaired) electrons. The van der Waals surface area contributed by atoms with Gasteiger partial charge in [0.1, 0.15) is 22.8 Å². The van der Waals surface area contributed by atoms with Crippen LogP contribution in [-0.2, 0) is 32.0 Å². The zero-order valence-corrected chi connectivity index (χ0v) is 23.5. The Labute approximate surface area is 228 Å². The molecule has 3 atom stereocenters. The van der Waals surface area contributed by atoms with E-state index in [1.54, 1.807) is 6.26 Å². The number of Topliss-reactive ketones (excluding diaryl/α,β-unsaturated/α-hetero) is 3. The van der Waals surface area contributed by atoms with Crippen LogP contribution >= 0.6 is 0 Å². The summed E-state index contributed by atoms with van der Waals surface area (Å²) < 4.78 is 5.25. The molecule has 1 aromatic carbocycles. The molecular formula is C31H38O8. The van der Waals surface area contributed by atoms with Crippen molar-refractivity contribution >= 4 is 28.7 Å². The Morgan fingerprint density at radius 2 is 1.82 bits per heavy atom. The number of methoxy groups -OCH3 is 1. The summed E-state index contributed by atoms with van der Waals surface area (Å²) in [4.78, 5) is 38.5. The van der Waals surface area contributed by atoms with Crippen LogP contribution in [-0.4, -0.2) is 50.5 Å². The van der Waals surface area contributed by atoms with Gasteiger partial charge in [-0.3, -0.25) is 14.4 Å². The summed E-state index contributed by atoms with van der Waals surface area (Å²) in [5.41, 5.74) is -0.134. The lowest BCUT2D eigenvalue weighted by molar-refractivity contribution is -0.147. The Hall–Kier alpha value is -3.39. The van der Waals surface area contributed by atoms with Gasteiger partial charge in [0.25, 0.3) is 0 Å². The fraction of sp³-hybridized carbons (Fsp3) is 0.516. The molecule has 210 valence electrons. The van der Waals surface area contributed by atoms with Crippen molar-refractivity contribution in [2.24, 2.45) is 17.3 Å². The van der Waals surface area contributed by atoms with E-state index in [0.717, 1.165) is 30.9 Å². The number of aromatic hydroxyl groups is 1. The van der Waals surface area contributed by atoms with Crippen molar-refractivity contribution in [2.45, 2.75) is 78.7 Å². The Morgan fingerprint density at radius 1 is 1.15 bits per heavy atom. The van der Waals surface area contributed by atoms with Crippen LogP contribution in [0.4, 0.5) is 0 Å². The van der Waals surface area contributed by atoms with Gasteiger partial charge >= 0.3 is 0 Å². The van der Waals surface area contributed by atoms with Gasteiger partial charge in [0.15, 0.2) is 17.2 Å². The number of benzene rings is 1. The van der Waals surface area contributed by atoms with E-state index >= 15 is 0 Å². The predicted octanol–water partition coefficient (Wildman–Crippen LogP) is 4.90. The molecular weight excluding hydrogens is 500 g/mol. The van der Waals surface area contributed by atoms with Crippen molar-refractivity contribution in [2.75, 3.05) is 7.11 Å². The number of aliphatic hydroxyl groups is 3. The molecule has 0 amide bonds. The van der Waals surface area contributed by atoms with Gasteiger partial charge in [0.05, 0.1) is 18.9 Å². The lowest BCUT2D eigenvalue weighted by Crippen LogP contribution is -2.57. The highest BCUT2D eigenvalue weighted by Gasteiger charge is 2.60. The second-order valence-electron chi connectivity index (χ2n) is 12.3. The smallest absolute Gasteiger partial charge is 0.202 e. The molecule has 1 saturated carbocycles. The number of ether oxygens (including phenoxy) is 1. The van der Waals surface area contributed by atoms with Gasteiger partial charge in [-0.1, -0.05) is 20.8 Å². The van der Waals surface area contributed by atoms with Crippen molar-refractivity contribution in [1.29, 1.82) is 0 Å². The first-order valence-corrected chi connectivity index (χ1v) is 13.4. The molecule has 3 aliphatic carbocycles. The summed E-state index contributed by atoms with van der Waals surface area (Å²) in [7, 11) is 1.53. The molecule has 1 fully saturated rings. The van der Waals surface area contributed by atoms with E-state index in [0.29, 0.717) is 17.5 Å². The highest BCUT2D eigenvalue weighted by molar-refractivity contribution is 6.23. The van der Waals surface area contributed by atoms with Gasteiger partial charge in [-0.2, -0.15) is 0 Å². The molecule has 4 N–H and O–H groups in total. The summed E-state index contributed by atoms with van der Waals surface area (Å²) in [6, 6.07) is 1.90. The fourth-order valence-corrected chi connectivity index (χ4v) is 6.45. The third-order valence-electron chi connectivity index (χ3n) is 8.34. The average Bonchev–Trinajstić information content (AvgIpc) is 2.81. The summed E-state index contributed by atoms with van der Waals surface area (Å²) in [5.74, 6) is -5.34. The summed E-state index contributed by atoms with van der Waals surface area (Å²) in [5, 5.41) is 45.3. The van der Waals surface area contributed by atoms with E-state index in [1.807, 2.05) is 13.0 Å². The standard InChI is InChI=1S/C31H38O8/c1-15(14-39-6)20-11-17(8-7-9-30(3,4)5)26(34)25-21(20)12-18-10-19-13-22(33)23(16(2)32)28(36)31(19,38)29(37)24(18)27(25)35/h11,14,18-19,34-36,38H,7-10,12-13H2,1-6H3/b15-14+/t18-,19+,31-/m1/s1. The molecule has 0 unspecified atom stereocenters. The topological polar surface area (TPSA) is 141 Å². The molecule has 0 aliphatic heterocycles. The molecule has 8 heteroatoms. The fourth-order valence-electron chi connectivity index (χ4n) is 6.45. The average molecular weight is 539 g/mol. The number of phenolic OH excluding ortho intramolecular Hbond substituents is 1. The maximum Gasteiger partial charge on any atom is 0.202 e. The molecule has 39 heavy (non-hydrogen) atoms. The third-order valence-corrected chi connectivity index (χ3v) is 8.34. The lowest BCUT2D eigenvalue weighted by atomic mass is 9.59. The summed E-state index contributed by atoms with van der Waals surface area (Å²) in [6.45, 7) is 9.37. The van der Waals surface area contributed by atoms with E-state index < -0.39 is 51.9 Å². The van der Waals surface area contributed by atoms with Crippen LogP contribution < -0.4 is 0 Å². The molecule has 0 heterocycles. The van der Waals surface area contributed by atoms with E-state index in [2.05, 4.69) is 20.8 Å². The minimum atomic E-state index is -2.50. The molecule has 4 rings (SSSR count). The number of aliphatic hydroxyl groups excluding tert-OH is 2. The first-order valence-electron chi connectivity index (χ1n) is 13.4. The van der Waals surface area contributed by atoms with Crippen LogP contribution in [0.5, 0.6) is 5.75 Å². The molecule has 0 spiro atoms. The Morgan fingerprint density at radius 3 is 2.41 bits per heavy atom. The Kier molecular flexibility index (Phi) is 7.32. The number of aryl methyl sites for hydroxylation is 1. The Balaban J connectivity index is 1.90. The van der Waals surface area contributed by atoms with Crippen molar-refractivity contribution < 1.29 is 39.5 Å². The number of ketones is 3. The van der Waals surface area contributed by atoms with Gasteiger partial charge in [-0.05, 0) is 85.6 Å². The number of fused-ring (bicyclic) bond motifs is 3. The molecule has 0 aromatic heterocycles. The zero-order chi connectivity index (χ0) is 29.0. The molecule has 0 saturated heterocycles. The predicted molar refractivity (Wildman–Crippen MR) is 146 cm³/mol. The van der Waals surface area contributed by atoms with Crippen molar-refractivity contribution in [3.8, 4) is 5.75 Å². The van der Waals surface area contributed by atoms with E-state index in [-0.39, 0.29) is 41.6 Å². The van der Waals surface area contributed by atoms with Gasteiger partial charge in [-0.25, -0.2) is 0 Å². The number of hydrogen-bond donors (Lipinski definition) is 4. The van der Waals surface area contributed by atoms with Crippen LogP contribution in [0.15, 0.2) is 29.2 Å². The van der Waals surface area contributed by atoms with Gasteiger partial charge in [-0.15, -0.1) is 0 Å². The summed E-state index contributed by atoms with van der Waals surface area (Å²) in [6.07, 6.45) is 3.96. The second-order valence-corrected chi connectivity index (χ2v) is 12.3. The molecule has 1 aromatic rings. The van der Waals surface area contributed by atoms with Crippen molar-refractivity contribution in [3.63, 3.8) is 0 Å².